The summed E-state index contributed by atoms with van der Waals surface area (Å²) in [5, 5.41) is 8.36. The summed E-state index contributed by atoms with van der Waals surface area (Å²) < 4.78 is 22.4. The first-order valence-electron chi connectivity index (χ1n) is 6.62. The van der Waals surface area contributed by atoms with Crippen LogP contribution in [0.15, 0.2) is 59.5 Å². The molecule has 0 aliphatic carbocycles. The third-order valence-electron chi connectivity index (χ3n) is 3.16. The summed E-state index contributed by atoms with van der Waals surface area (Å²) in [6.07, 6.45) is 0.800. The highest BCUT2D eigenvalue weighted by Gasteiger charge is 2.10. The lowest BCUT2D eigenvalue weighted by Crippen LogP contribution is -2.31. The Morgan fingerprint density at radius 2 is 1.62 bits per heavy atom. The molecule has 2 aromatic rings. The van der Waals surface area contributed by atoms with Crippen LogP contribution in [-0.2, 0) is 16.4 Å². The minimum atomic E-state index is -3.65. The number of benzene rings is 2. The second kappa shape index (κ2) is 6.71. The van der Waals surface area contributed by atoms with E-state index in [0.717, 1.165) is 12.1 Å². The Hall–Kier alpha value is -1.89. The van der Waals surface area contributed by atoms with Crippen molar-refractivity contribution in [3.63, 3.8) is 0 Å². The number of anilines is 1. The van der Waals surface area contributed by atoms with Gasteiger partial charge in [-0.25, -0.2) is 13.6 Å². The van der Waals surface area contributed by atoms with Crippen molar-refractivity contribution in [2.45, 2.75) is 17.4 Å². The van der Waals surface area contributed by atoms with Crippen molar-refractivity contribution in [2.75, 3.05) is 11.9 Å². The second-order valence-corrected chi connectivity index (χ2v) is 6.40. The lowest BCUT2D eigenvalue weighted by Gasteiger charge is -2.18. The fraction of sp³-hybridized carbons (Fsp3) is 0.200. The fourth-order valence-corrected chi connectivity index (χ4v) is 2.58. The summed E-state index contributed by atoms with van der Waals surface area (Å²) >= 11 is 0. The number of hydrogen-bond donors (Lipinski definition) is 3. The Balaban J connectivity index is 2.05. The van der Waals surface area contributed by atoms with Crippen molar-refractivity contribution in [3.8, 4) is 0 Å². The maximum Gasteiger partial charge on any atom is 0.238 e. The number of primary sulfonamides is 1. The van der Waals surface area contributed by atoms with E-state index in [1.54, 1.807) is 12.1 Å². The first kappa shape index (κ1) is 15.5. The van der Waals surface area contributed by atoms with E-state index in [1.165, 1.54) is 17.7 Å². The molecule has 0 aliphatic rings. The van der Waals surface area contributed by atoms with Gasteiger partial charge < -0.3 is 11.1 Å². The first-order chi connectivity index (χ1) is 9.99. The van der Waals surface area contributed by atoms with E-state index in [2.05, 4.69) is 17.4 Å². The maximum absolute atomic E-state index is 11.2. The van der Waals surface area contributed by atoms with Crippen LogP contribution in [0.1, 0.15) is 5.56 Å². The van der Waals surface area contributed by atoms with Crippen LogP contribution < -0.4 is 16.2 Å². The van der Waals surface area contributed by atoms with Gasteiger partial charge in [-0.15, -0.1) is 0 Å². The number of nitrogens with two attached hydrogens (primary N) is 2. The topological polar surface area (TPSA) is 98.2 Å². The maximum atomic E-state index is 11.2. The van der Waals surface area contributed by atoms with Gasteiger partial charge in [-0.1, -0.05) is 30.3 Å². The molecule has 0 saturated carbocycles. The lowest BCUT2D eigenvalue weighted by molar-refractivity contribution is 0.598. The van der Waals surface area contributed by atoms with Crippen LogP contribution in [0.5, 0.6) is 0 Å². The largest absolute Gasteiger partial charge is 0.381 e. The van der Waals surface area contributed by atoms with E-state index < -0.39 is 10.0 Å². The second-order valence-electron chi connectivity index (χ2n) is 4.84. The van der Waals surface area contributed by atoms with Crippen molar-refractivity contribution in [3.05, 3.63) is 60.2 Å². The van der Waals surface area contributed by atoms with Gasteiger partial charge in [-0.2, -0.15) is 0 Å². The number of nitrogens with one attached hydrogen (secondary N) is 1. The molecule has 5 nitrogen and oxygen atoms in total. The van der Waals surface area contributed by atoms with E-state index in [4.69, 9.17) is 10.9 Å². The highest BCUT2D eigenvalue weighted by Crippen LogP contribution is 2.15. The molecule has 6 heteroatoms. The van der Waals surface area contributed by atoms with Crippen molar-refractivity contribution in [2.24, 2.45) is 10.9 Å². The van der Waals surface area contributed by atoms with Gasteiger partial charge in [0.2, 0.25) is 10.0 Å². The molecule has 0 aliphatic heterocycles. The predicted molar refractivity (Wildman–Crippen MR) is 84.4 cm³/mol. The molecule has 1 unspecified atom stereocenters. The number of rotatable bonds is 6. The predicted octanol–water partition coefficient (Wildman–Crippen LogP) is 1.32. The third-order valence-corrected chi connectivity index (χ3v) is 4.09. The smallest absolute Gasteiger partial charge is 0.238 e. The summed E-state index contributed by atoms with van der Waals surface area (Å²) in [4.78, 5) is 0.0976. The Bertz CT molecular complexity index is 670. The van der Waals surface area contributed by atoms with Crippen LogP contribution in [-0.4, -0.2) is 21.0 Å². The average molecular weight is 305 g/mol. The van der Waals surface area contributed by atoms with Gasteiger partial charge in [0.1, 0.15) is 0 Å². The van der Waals surface area contributed by atoms with Gasteiger partial charge in [0.05, 0.1) is 4.90 Å². The summed E-state index contributed by atoms with van der Waals surface area (Å²) in [6, 6.07) is 16.5. The molecule has 2 aromatic carbocycles. The molecular weight excluding hydrogens is 286 g/mol. The number of sulfonamides is 1. The van der Waals surface area contributed by atoms with Crippen LogP contribution >= 0.6 is 0 Å². The van der Waals surface area contributed by atoms with Crippen LogP contribution in [0.2, 0.25) is 0 Å². The summed E-state index contributed by atoms with van der Waals surface area (Å²) in [5.41, 5.74) is 7.80. The van der Waals surface area contributed by atoms with Gasteiger partial charge in [-0.3, -0.25) is 0 Å². The molecule has 0 radical (unpaired) electrons. The summed E-state index contributed by atoms with van der Waals surface area (Å²) in [6.45, 7) is 0.478. The standard InChI is InChI=1S/C15H19N3O2S/c16-11-14(10-12-4-2-1-3-5-12)18-13-6-8-15(9-7-13)21(17,19)20/h1-9,14,18H,10-11,16H2,(H2,17,19,20). The van der Waals surface area contributed by atoms with E-state index in [1.807, 2.05) is 18.2 Å². The molecule has 5 N–H and O–H groups in total. The van der Waals surface area contributed by atoms with Crippen molar-refractivity contribution < 1.29 is 8.42 Å². The van der Waals surface area contributed by atoms with Crippen molar-refractivity contribution >= 4 is 15.7 Å². The Morgan fingerprint density at radius 1 is 1.00 bits per heavy atom. The van der Waals surface area contributed by atoms with E-state index in [9.17, 15) is 8.42 Å². The SMILES string of the molecule is NCC(Cc1ccccc1)Nc1ccc(S(N)(=O)=O)cc1. The van der Waals surface area contributed by atoms with Gasteiger partial charge in [0.25, 0.3) is 0 Å². The molecule has 2 rings (SSSR count). The van der Waals surface area contributed by atoms with Crippen molar-refractivity contribution in [1.29, 1.82) is 0 Å². The zero-order chi connectivity index (χ0) is 15.3. The quantitative estimate of drug-likeness (QED) is 0.749. The third kappa shape index (κ3) is 4.56. The van der Waals surface area contributed by atoms with E-state index in [0.29, 0.717) is 6.54 Å². The molecule has 0 spiro atoms. The molecule has 0 bridgehead atoms. The highest BCUT2D eigenvalue weighted by atomic mass is 32.2. The summed E-state index contributed by atoms with van der Waals surface area (Å²) in [7, 11) is -3.65. The summed E-state index contributed by atoms with van der Waals surface area (Å²) in [5.74, 6) is 0. The zero-order valence-corrected chi connectivity index (χ0v) is 12.4. The Kier molecular flexibility index (Phi) is 4.95. The number of hydrogen-bond acceptors (Lipinski definition) is 4. The average Bonchev–Trinajstić information content (AvgIpc) is 2.47. The molecule has 1 atom stereocenters. The Morgan fingerprint density at radius 3 is 2.14 bits per heavy atom. The first-order valence-corrected chi connectivity index (χ1v) is 8.17. The molecule has 0 saturated heterocycles. The fourth-order valence-electron chi connectivity index (χ4n) is 2.07. The highest BCUT2D eigenvalue weighted by molar-refractivity contribution is 7.89. The molecule has 21 heavy (non-hydrogen) atoms. The Labute approximate surface area is 125 Å². The van der Waals surface area contributed by atoms with Crippen LogP contribution in [0.25, 0.3) is 0 Å². The molecule has 0 fully saturated rings. The molecular formula is C15H19N3O2S. The zero-order valence-electron chi connectivity index (χ0n) is 11.6. The molecule has 0 aromatic heterocycles. The van der Waals surface area contributed by atoms with Gasteiger partial charge in [0, 0.05) is 18.3 Å². The molecule has 0 heterocycles. The normalized spacial score (nSPS) is 12.9. The van der Waals surface area contributed by atoms with Crippen LogP contribution in [0.4, 0.5) is 5.69 Å². The van der Waals surface area contributed by atoms with Crippen LogP contribution in [0.3, 0.4) is 0 Å². The molecule has 112 valence electrons. The van der Waals surface area contributed by atoms with Crippen LogP contribution in [0, 0.1) is 0 Å². The minimum absolute atomic E-state index is 0.0766. The van der Waals surface area contributed by atoms with E-state index >= 15 is 0 Å². The van der Waals surface area contributed by atoms with Crippen molar-refractivity contribution in [1.82, 2.24) is 0 Å². The monoisotopic (exact) mass is 305 g/mol. The minimum Gasteiger partial charge on any atom is -0.381 e. The van der Waals surface area contributed by atoms with Gasteiger partial charge >= 0.3 is 0 Å². The lowest BCUT2D eigenvalue weighted by atomic mass is 10.1. The van der Waals surface area contributed by atoms with Gasteiger partial charge in [-0.05, 0) is 36.2 Å². The van der Waals surface area contributed by atoms with Gasteiger partial charge in [0.15, 0.2) is 0 Å². The van der Waals surface area contributed by atoms with E-state index in [-0.39, 0.29) is 10.9 Å². The molecule has 0 amide bonds.